The van der Waals surface area contributed by atoms with Crippen molar-refractivity contribution in [1.82, 2.24) is 15.0 Å². The van der Waals surface area contributed by atoms with Crippen molar-refractivity contribution in [2.75, 3.05) is 12.3 Å². The number of nitrogen functional groups attached to an aromatic ring is 1. The van der Waals surface area contributed by atoms with Gasteiger partial charge in [-0.05, 0) is 66.4 Å². The van der Waals surface area contributed by atoms with Gasteiger partial charge in [-0.2, -0.15) is 4.98 Å². The maximum atomic E-state index is 13.6. The van der Waals surface area contributed by atoms with Crippen molar-refractivity contribution in [2.24, 2.45) is 0 Å². The van der Waals surface area contributed by atoms with Gasteiger partial charge in [-0.15, -0.1) is 0 Å². The Hall–Kier alpha value is -4.27. The highest BCUT2D eigenvalue weighted by atomic mass is 19.3. The highest BCUT2D eigenvalue weighted by molar-refractivity contribution is 5.85. The Kier molecular flexibility index (Phi) is 8.91. The summed E-state index contributed by atoms with van der Waals surface area (Å²) in [5.41, 5.74) is 9.52. The molecule has 6 nitrogen and oxygen atoms in total. The summed E-state index contributed by atoms with van der Waals surface area (Å²) < 4.78 is 46.9. The monoisotopic (exact) mass is 534 g/mol. The van der Waals surface area contributed by atoms with E-state index < -0.39 is 17.9 Å². The highest BCUT2D eigenvalue weighted by Crippen LogP contribution is 2.39. The van der Waals surface area contributed by atoms with E-state index in [1.54, 1.807) is 13.0 Å². The van der Waals surface area contributed by atoms with Crippen molar-refractivity contribution in [3.63, 3.8) is 0 Å². The normalized spacial score (nSPS) is 11.1. The van der Waals surface area contributed by atoms with E-state index in [1.165, 1.54) is 30.3 Å². The fraction of sp³-hybridized carbons (Fsp3) is 0.267. The second kappa shape index (κ2) is 12.5. The van der Waals surface area contributed by atoms with Crippen LogP contribution in [0, 0.1) is 12.7 Å². The molecule has 0 aliphatic rings. The number of alkyl halides is 2. The van der Waals surface area contributed by atoms with E-state index in [4.69, 9.17) is 10.5 Å². The number of nitrogens with zero attached hydrogens (tertiary/aromatic N) is 3. The molecule has 2 aromatic heterocycles. The first-order valence-corrected chi connectivity index (χ1v) is 12.7. The number of rotatable bonds is 11. The van der Waals surface area contributed by atoms with E-state index in [2.05, 4.69) is 15.0 Å². The molecular weight excluding hydrogens is 505 g/mol. The number of pyridine rings is 1. The first kappa shape index (κ1) is 27.8. The zero-order valence-electron chi connectivity index (χ0n) is 21.8. The van der Waals surface area contributed by atoms with Gasteiger partial charge in [0.05, 0.1) is 17.9 Å². The van der Waals surface area contributed by atoms with Crippen molar-refractivity contribution in [3.05, 3.63) is 89.0 Å². The van der Waals surface area contributed by atoms with Crippen molar-refractivity contribution in [2.45, 2.75) is 46.0 Å². The van der Waals surface area contributed by atoms with Gasteiger partial charge in [0.15, 0.2) is 0 Å². The molecule has 2 N–H and O–H groups in total. The Labute approximate surface area is 225 Å². The van der Waals surface area contributed by atoms with Gasteiger partial charge >= 0.3 is 0 Å². The number of benzene rings is 2. The third-order valence-electron chi connectivity index (χ3n) is 6.08. The summed E-state index contributed by atoms with van der Waals surface area (Å²) in [7, 11) is 0. The van der Waals surface area contributed by atoms with E-state index in [0.29, 0.717) is 47.3 Å². The number of hydrogen-bond donors (Lipinski definition) is 1. The molecule has 2 aromatic carbocycles. The fourth-order valence-corrected chi connectivity index (χ4v) is 4.27. The number of anilines is 1. The van der Waals surface area contributed by atoms with Crippen LogP contribution in [0.25, 0.3) is 22.4 Å². The number of halogens is 3. The lowest BCUT2D eigenvalue weighted by Crippen LogP contribution is -2.09. The second-order valence-corrected chi connectivity index (χ2v) is 9.22. The number of carbonyl (C=O) groups excluding carboxylic acids is 1. The molecule has 0 fully saturated rings. The minimum Gasteiger partial charge on any atom is -0.477 e. The smallest absolute Gasteiger partial charge is 0.280 e. The molecule has 0 aliphatic heterocycles. The summed E-state index contributed by atoms with van der Waals surface area (Å²) in [6.45, 7) is 3.81. The van der Waals surface area contributed by atoms with Gasteiger partial charge in [0, 0.05) is 30.5 Å². The minimum absolute atomic E-state index is 0.0750. The third kappa shape index (κ3) is 7.19. The van der Waals surface area contributed by atoms with E-state index in [9.17, 15) is 18.0 Å². The molecule has 9 heteroatoms. The minimum atomic E-state index is -2.78. The molecule has 0 aliphatic carbocycles. The highest BCUT2D eigenvalue weighted by Gasteiger charge is 2.21. The first-order valence-electron chi connectivity index (χ1n) is 12.7. The summed E-state index contributed by atoms with van der Waals surface area (Å²) in [5.74, 6) is -0.177. The van der Waals surface area contributed by atoms with Crippen LogP contribution in [0.3, 0.4) is 0 Å². The molecular formula is C30H29F3N4O2. The molecule has 0 unspecified atom stereocenters. The Morgan fingerprint density at radius 1 is 0.949 bits per heavy atom. The van der Waals surface area contributed by atoms with E-state index >= 15 is 0 Å². The van der Waals surface area contributed by atoms with Crippen LogP contribution >= 0.6 is 0 Å². The van der Waals surface area contributed by atoms with Crippen LogP contribution in [-0.4, -0.2) is 27.3 Å². The molecule has 0 saturated heterocycles. The Balaban J connectivity index is 1.65. The summed E-state index contributed by atoms with van der Waals surface area (Å²) >= 11 is 0. The first-order chi connectivity index (χ1) is 18.7. The predicted octanol–water partition coefficient (Wildman–Crippen LogP) is 6.71. The number of aryl methyl sites for hydroxylation is 1. The number of hydrogen-bond acceptors (Lipinski definition) is 6. The lowest BCUT2D eigenvalue weighted by molar-refractivity contribution is -0.118. The summed E-state index contributed by atoms with van der Waals surface area (Å²) in [4.78, 5) is 24.5. The van der Waals surface area contributed by atoms with Crippen LogP contribution in [0.1, 0.15) is 48.7 Å². The van der Waals surface area contributed by atoms with Gasteiger partial charge in [0.1, 0.15) is 17.3 Å². The van der Waals surface area contributed by atoms with Crippen LogP contribution in [0.15, 0.2) is 60.7 Å². The van der Waals surface area contributed by atoms with Crippen LogP contribution in [0.4, 0.5) is 19.1 Å². The van der Waals surface area contributed by atoms with Gasteiger partial charge in [-0.1, -0.05) is 31.2 Å². The summed E-state index contributed by atoms with van der Waals surface area (Å²) in [6.07, 6.45) is -0.454. The molecule has 0 amide bonds. The maximum Gasteiger partial charge on any atom is 0.280 e. The topological polar surface area (TPSA) is 91.0 Å². The van der Waals surface area contributed by atoms with Gasteiger partial charge in [-0.3, -0.25) is 9.78 Å². The van der Waals surface area contributed by atoms with Gasteiger partial charge in [0.25, 0.3) is 6.43 Å². The molecule has 2 heterocycles. The zero-order chi connectivity index (χ0) is 27.9. The van der Waals surface area contributed by atoms with Crippen molar-refractivity contribution in [1.29, 1.82) is 0 Å². The van der Waals surface area contributed by atoms with Crippen LogP contribution in [0.2, 0.25) is 0 Å². The van der Waals surface area contributed by atoms with E-state index in [0.717, 1.165) is 17.5 Å². The van der Waals surface area contributed by atoms with Crippen LogP contribution in [-0.2, 0) is 17.6 Å². The Morgan fingerprint density at radius 3 is 2.31 bits per heavy atom. The Morgan fingerprint density at radius 2 is 1.64 bits per heavy atom. The molecule has 0 radical (unpaired) electrons. The second-order valence-electron chi connectivity index (χ2n) is 9.22. The molecule has 202 valence electrons. The zero-order valence-corrected chi connectivity index (χ0v) is 21.8. The van der Waals surface area contributed by atoms with Gasteiger partial charge in [-0.25, -0.2) is 18.2 Å². The molecule has 4 rings (SSSR count). The lowest BCUT2D eigenvalue weighted by Gasteiger charge is -2.16. The standard InChI is InChI=1S/C30H29F3N4O2/c1-3-4-24(38)16-20-7-5-19(6-8-20)13-14-39-29-26(22-15-18(2)35-25(17-22)28(32)33)27(36-30(34)37-29)21-9-11-23(31)12-10-21/h5-12,15,17,28H,3-4,13-14,16H2,1-2H3,(H2,34,36,37). The predicted molar refractivity (Wildman–Crippen MR) is 144 cm³/mol. The van der Waals surface area contributed by atoms with Gasteiger partial charge in [0.2, 0.25) is 11.8 Å². The average molecular weight is 535 g/mol. The van der Waals surface area contributed by atoms with Gasteiger partial charge < -0.3 is 10.5 Å². The fourth-order valence-electron chi connectivity index (χ4n) is 4.27. The number of nitrogens with two attached hydrogens (primary N) is 1. The Bertz CT molecular complexity index is 1440. The number of ketones is 1. The van der Waals surface area contributed by atoms with Crippen molar-refractivity contribution in [3.8, 4) is 28.3 Å². The van der Waals surface area contributed by atoms with Crippen molar-refractivity contribution >= 4 is 11.7 Å². The third-order valence-corrected chi connectivity index (χ3v) is 6.08. The number of carbonyl (C=O) groups is 1. The summed E-state index contributed by atoms with van der Waals surface area (Å²) in [5, 5.41) is 0. The van der Waals surface area contributed by atoms with E-state index in [-0.39, 0.29) is 24.2 Å². The molecule has 0 bridgehead atoms. The molecule has 4 aromatic rings. The molecule has 0 saturated carbocycles. The van der Waals surface area contributed by atoms with Crippen LogP contribution < -0.4 is 10.5 Å². The van der Waals surface area contributed by atoms with E-state index in [1.807, 2.05) is 31.2 Å². The largest absolute Gasteiger partial charge is 0.477 e. The molecule has 39 heavy (non-hydrogen) atoms. The quantitative estimate of drug-likeness (QED) is 0.230. The van der Waals surface area contributed by atoms with Crippen LogP contribution in [0.5, 0.6) is 5.88 Å². The summed E-state index contributed by atoms with van der Waals surface area (Å²) in [6, 6.07) is 16.3. The molecule has 0 spiro atoms. The van der Waals surface area contributed by atoms with Crippen molar-refractivity contribution < 1.29 is 22.7 Å². The SMILES string of the molecule is CCCC(=O)Cc1ccc(CCOc2nc(N)nc(-c3ccc(F)cc3)c2-c2cc(C)nc(C(F)F)c2)cc1. The molecule has 0 atom stereocenters. The maximum absolute atomic E-state index is 13.6. The number of ether oxygens (including phenoxy) is 1. The lowest BCUT2D eigenvalue weighted by atomic mass is 9.99. The average Bonchev–Trinajstić information content (AvgIpc) is 2.89. The number of Topliss-reactive ketones (excluding diaryl/α,β-unsaturated/α-hetero) is 1. The number of aromatic nitrogens is 3.